The molecule has 0 aromatic carbocycles. The maximum absolute atomic E-state index is 11.3. The van der Waals surface area contributed by atoms with Crippen LogP contribution in [0.3, 0.4) is 0 Å². The van der Waals surface area contributed by atoms with Gasteiger partial charge in [-0.3, -0.25) is 0 Å². The fourth-order valence-electron chi connectivity index (χ4n) is 0.819. The number of carbonyl (C=O) groups is 2. The minimum atomic E-state index is -0.545. The number of nitrogens with one attached hydrogen (secondary N) is 1. The number of carbonyl (C=O) groups excluding carboxylic acids is 2. The zero-order chi connectivity index (χ0) is 11.9. The van der Waals surface area contributed by atoms with E-state index < -0.39 is 17.7 Å². The van der Waals surface area contributed by atoms with Crippen LogP contribution in [0, 0.1) is 0 Å². The summed E-state index contributed by atoms with van der Waals surface area (Å²) in [6, 6.07) is -0.468. The van der Waals surface area contributed by atoms with Gasteiger partial charge in [0.15, 0.2) is 0 Å². The van der Waals surface area contributed by atoms with E-state index in [0.717, 1.165) is 12.0 Å². The van der Waals surface area contributed by atoms with E-state index in [0.29, 0.717) is 5.75 Å². The van der Waals surface area contributed by atoms with Crippen molar-refractivity contribution >= 4 is 24.1 Å². The first-order valence-electron chi connectivity index (χ1n) is 4.91. The summed E-state index contributed by atoms with van der Waals surface area (Å²) in [5.41, 5.74) is -0.532. The Morgan fingerprint density at radius 1 is 1.53 bits per heavy atom. The molecule has 88 valence electrons. The molecule has 4 nitrogen and oxygen atoms in total. The highest BCUT2D eigenvalue weighted by Crippen LogP contribution is 2.07. The van der Waals surface area contributed by atoms with Crippen LogP contribution >= 0.6 is 11.8 Å². The van der Waals surface area contributed by atoms with Crippen molar-refractivity contribution in [3.63, 3.8) is 0 Å². The summed E-state index contributed by atoms with van der Waals surface area (Å²) in [6.07, 6.45) is 0.184. The topological polar surface area (TPSA) is 55.4 Å². The maximum Gasteiger partial charge on any atom is 0.408 e. The molecule has 1 atom stereocenters. The Bertz CT molecular complexity index is 213. The first-order chi connectivity index (χ1) is 6.89. The van der Waals surface area contributed by atoms with Crippen molar-refractivity contribution in [3.8, 4) is 0 Å². The van der Waals surface area contributed by atoms with E-state index in [1.807, 2.05) is 6.92 Å². The van der Waals surface area contributed by atoms with Crippen LogP contribution in [-0.4, -0.2) is 35.5 Å². The van der Waals surface area contributed by atoms with Gasteiger partial charge in [0, 0.05) is 5.75 Å². The van der Waals surface area contributed by atoms with E-state index in [1.165, 1.54) is 0 Å². The van der Waals surface area contributed by atoms with Crippen molar-refractivity contribution < 1.29 is 14.3 Å². The van der Waals surface area contributed by atoms with Gasteiger partial charge in [-0.2, -0.15) is 11.8 Å². The first kappa shape index (κ1) is 14.3. The lowest BCUT2D eigenvalue weighted by Gasteiger charge is -2.21. The van der Waals surface area contributed by atoms with Crippen molar-refractivity contribution in [1.29, 1.82) is 0 Å². The molecule has 15 heavy (non-hydrogen) atoms. The highest BCUT2D eigenvalue weighted by atomic mass is 32.2. The van der Waals surface area contributed by atoms with Gasteiger partial charge in [0.25, 0.3) is 0 Å². The minimum Gasteiger partial charge on any atom is -0.444 e. The summed E-state index contributed by atoms with van der Waals surface area (Å²) in [4.78, 5) is 21.9. The molecule has 0 aliphatic heterocycles. The predicted octanol–water partition coefficient (Wildman–Crippen LogP) is 1.83. The van der Waals surface area contributed by atoms with Gasteiger partial charge >= 0.3 is 6.09 Å². The Morgan fingerprint density at radius 2 is 2.13 bits per heavy atom. The van der Waals surface area contributed by atoms with Crippen LogP contribution < -0.4 is 5.32 Å². The van der Waals surface area contributed by atoms with Crippen LogP contribution in [-0.2, 0) is 9.53 Å². The Hall–Kier alpha value is -0.710. The summed E-state index contributed by atoms with van der Waals surface area (Å²) in [5, 5.41) is 2.51. The molecule has 0 bridgehead atoms. The lowest BCUT2D eigenvalue weighted by atomic mass is 10.2. The molecule has 1 amide bonds. The third-order valence-corrected chi connectivity index (χ3v) is 2.37. The van der Waals surface area contributed by atoms with Crippen LogP contribution in [0.1, 0.15) is 27.7 Å². The van der Waals surface area contributed by atoms with Gasteiger partial charge in [-0.05, 0) is 26.5 Å². The molecule has 0 unspecified atom stereocenters. The third kappa shape index (κ3) is 8.30. The molecule has 0 rings (SSSR count). The van der Waals surface area contributed by atoms with Gasteiger partial charge < -0.3 is 14.8 Å². The quantitative estimate of drug-likeness (QED) is 0.736. The number of ether oxygens (including phenoxy) is 1. The van der Waals surface area contributed by atoms with Crippen LogP contribution in [0.4, 0.5) is 4.79 Å². The fraction of sp³-hybridized carbons (Fsp3) is 0.800. The number of hydrogen-bond acceptors (Lipinski definition) is 4. The third-order valence-electron chi connectivity index (χ3n) is 1.37. The smallest absolute Gasteiger partial charge is 0.408 e. The van der Waals surface area contributed by atoms with E-state index in [-0.39, 0.29) is 0 Å². The Kier molecular flexibility index (Phi) is 6.40. The van der Waals surface area contributed by atoms with Gasteiger partial charge in [-0.1, -0.05) is 6.92 Å². The average Bonchev–Trinajstić information content (AvgIpc) is 2.09. The molecular formula is C10H19NO3S. The summed E-state index contributed by atoms with van der Waals surface area (Å²) in [7, 11) is 0. The van der Waals surface area contributed by atoms with Gasteiger partial charge in [0.1, 0.15) is 11.9 Å². The zero-order valence-electron chi connectivity index (χ0n) is 9.70. The summed E-state index contributed by atoms with van der Waals surface area (Å²) in [6.45, 7) is 7.34. The van der Waals surface area contributed by atoms with Crippen molar-refractivity contribution in [3.05, 3.63) is 0 Å². The lowest BCUT2D eigenvalue weighted by molar-refractivity contribution is -0.109. The summed E-state index contributed by atoms with van der Waals surface area (Å²) in [5.74, 6) is 1.50. The average molecular weight is 233 g/mol. The molecule has 0 saturated heterocycles. The van der Waals surface area contributed by atoms with Crippen LogP contribution in [0.15, 0.2) is 0 Å². The number of amides is 1. The van der Waals surface area contributed by atoms with E-state index in [2.05, 4.69) is 5.32 Å². The Balaban J connectivity index is 3.96. The van der Waals surface area contributed by atoms with E-state index in [4.69, 9.17) is 4.74 Å². The minimum absolute atomic E-state index is 0.468. The fourth-order valence-corrected chi connectivity index (χ4v) is 1.47. The van der Waals surface area contributed by atoms with Crippen LogP contribution in [0.2, 0.25) is 0 Å². The Labute approximate surface area is 95.1 Å². The second-order valence-electron chi connectivity index (χ2n) is 4.05. The molecule has 0 radical (unpaired) electrons. The van der Waals surface area contributed by atoms with Crippen LogP contribution in [0.25, 0.3) is 0 Å². The molecule has 0 aromatic heterocycles. The van der Waals surface area contributed by atoms with Crippen LogP contribution in [0.5, 0.6) is 0 Å². The number of alkyl carbamates (subject to hydrolysis) is 1. The zero-order valence-corrected chi connectivity index (χ0v) is 10.5. The molecule has 0 heterocycles. The molecule has 1 N–H and O–H groups in total. The van der Waals surface area contributed by atoms with E-state index in [1.54, 1.807) is 32.5 Å². The summed E-state index contributed by atoms with van der Waals surface area (Å²) < 4.78 is 5.03. The van der Waals surface area contributed by atoms with Gasteiger partial charge in [-0.25, -0.2) is 4.79 Å². The van der Waals surface area contributed by atoms with Crippen molar-refractivity contribution in [2.24, 2.45) is 0 Å². The second kappa shape index (κ2) is 6.71. The van der Waals surface area contributed by atoms with Gasteiger partial charge in [-0.15, -0.1) is 0 Å². The molecule has 0 fully saturated rings. The van der Waals surface area contributed by atoms with Crippen molar-refractivity contribution in [2.75, 3.05) is 11.5 Å². The number of hydrogen-bond donors (Lipinski definition) is 1. The maximum atomic E-state index is 11.3. The highest BCUT2D eigenvalue weighted by Gasteiger charge is 2.18. The second-order valence-corrected chi connectivity index (χ2v) is 5.37. The highest BCUT2D eigenvalue weighted by molar-refractivity contribution is 7.99. The van der Waals surface area contributed by atoms with E-state index >= 15 is 0 Å². The Morgan fingerprint density at radius 3 is 2.53 bits per heavy atom. The van der Waals surface area contributed by atoms with E-state index in [9.17, 15) is 9.59 Å². The normalized spacial score (nSPS) is 13.1. The molecule has 0 spiro atoms. The van der Waals surface area contributed by atoms with Crippen molar-refractivity contribution in [1.82, 2.24) is 5.32 Å². The number of aldehydes is 1. The van der Waals surface area contributed by atoms with Crippen molar-refractivity contribution in [2.45, 2.75) is 39.3 Å². The predicted molar refractivity (Wildman–Crippen MR) is 62.2 cm³/mol. The molecule has 0 saturated carbocycles. The van der Waals surface area contributed by atoms with Gasteiger partial charge in [0.05, 0.1) is 6.04 Å². The summed E-state index contributed by atoms with van der Waals surface area (Å²) >= 11 is 1.60. The lowest BCUT2D eigenvalue weighted by Crippen LogP contribution is -2.41. The number of thioether (sulfide) groups is 1. The monoisotopic (exact) mass is 233 g/mol. The molecule has 0 aliphatic rings. The molecule has 0 aromatic rings. The molecular weight excluding hydrogens is 214 g/mol. The molecule has 5 heteroatoms. The molecule has 0 aliphatic carbocycles. The first-order valence-corrected chi connectivity index (χ1v) is 6.07. The number of rotatable bonds is 5. The standard InChI is InChI=1S/C10H19NO3S/c1-5-15-7-8(6-12)11-9(13)14-10(2,3)4/h6,8H,5,7H2,1-4H3,(H,11,13)/t8-/m1/s1. The SMILES string of the molecule is CCSC[C@@H](C=O)NC(=O)OC(C)(C)C. The van der Waals surface area contributed by atoms with Gasteiger partial charge in [0.2, 0.25) is 0 Å². The largest absolute Gasteiger partial charge is 0.444 e.